The summed E-state index contributed by atoms with van der Waals surface area (Å²) in [4.78, 5) is 28.2. The first-order chi connectivity index (χ1) is 13.6. The van der Waals surface area contributed by atoms with Gasteiger partial charge in [0.25, 0.3) is 0 Å². The Labute approximate surface area is 160 Å². The minimum Gasteiger partial charge on any atom is -0.459 e. The van der Waals surface area contributed by atoms with Gasteiger partial charge in [-0.25, -0.2) is 10.9 Å². The fourth-order valence-electron chi connectivity index (χ4n) is 2.29. The predicted molar refractivity (Wildman–Crippen MR) is 101 cm³/mol. The largest absolute Gasteiger partial charge is 0.459 e. The number of nitrogens with zero attached hydrogens (tertiary/aromatic N) is 3. The average Bonchev–Trinajstić information content (AvgIpc) is 3.43. The van der Waals surface area contributed by atoms with Crippen LogP contribution in [0.3, 0.4) is 0 Å². The van der Waals surface area contributed by atoms with E-state index in [1.54, 1.807) is 44.3 Å². The lowest BCUT2D eigenvalue weighted by atomic mass is 10.1. The van der Waals surface area contributed by atoms with E-state index in [0.717, 1.165) is 0 Å². The molecule has 0 atom stereocenters. The Morgan fingerprint density at radius 2 is 1.43 bits per heavy atom. The number of hydrogen-bond acceptors (Lipinski definition) is 7. The molecule has 3 rings (SSSR count). The molecule has 9 nitrogen and oxygen atoms in total. The SMILES string of the molecule is CC(=NNC(=O)c1ccco1)c1cccnc1C(C)=NNC(=O)c1ccco1. The molecule has 9 heteroatoms. The molecule has 28 heavy (non-hydrogen) atoms. The second-order valence-electron chi connectivity index (χ2n) is 5.63. The van der Waals surface area contributed by atoms with E-state index in [9.17, 15) is 9.59 Å². The molecular weight excluding hydrogens is 362 g/mol. The monoisotopic (exact) mass is 379 g/mol. The highest BCUT2D eigenvalue weighted by Gasteiger charge is 2.13. The number of hydrazone groups is 2. The molecule has 0 fully saturated rings. The van der Waals surface area contributed by atoms with Crippen LogP contribution in [0, 0.1) is 0 Å². The van der Waals surface area contributed by atoms with E-state index >= 15 is 0 Å². The van der Waals surface area contributed by atoms with Crippen LogP contribution in [0.1, 0.15) is 46.2 Å². The maximum Gasteiger partial charge on any atom is 0.307 e. The van der Waals surface area contributed by atoms with Gasteiger partial charge in [-0.3, -0.25) is 14.6 Å². The molecule has 3 aromatic heterocycles. The summed E-state index contributed by atoms with van der Waals surface area (Å²) in [5.74, 6) is -0.638. The van der Waals surface area contributed by atoms with Crippen LogP contribution in [0.25, 0.3) is 0 Å². The number of nitrogens with one attached hydrogen (secondary N) is 2. The lowest BCUT2D eigenvalue weighted by Gasteiger charge is -2.08. The van der Waals surface area contributed by atoms with Crippen molar-refractivity contribution in [3.8, 4) is 0 Å². The van der Waals surface area contributed by atoms with Gasteiger partial charge in [-0.1, -0.05) is 0 Å². The van der Waals surface area contributed by atoms with Crippen LogP contribution in [0.5, 0.6) is 0 Å². The average molecular weight is 379 g/mol. The van der Waals surface area contributed by atoms with Gasteiger partial charge in [0.1, 0.15) is 0 Å². The number of rotatable bonds is 6. The van der Waals surface area contributed by atoms with Crippen LogP contribution in [0.2, 0.25) is 0 Å². The van der Waals surface area contributed by atoms with Crippen molar-refractivity contribution in [3.05, 3.63) is 77.9 Å². The van der Waals surface area contributed by atoms with Gasteiger partial charge < -0.3 is 8.83 Å². The van der Waals surface area contributed by atoms with Crippen molar-refractivity contribution >= 4 is 23.2 Å². The number of pyridine rings is 1. The van der Waals surface area contributed by atoms with Crippen LogP contribution in [-0.2, 0) is 0 Å². The maximum absolute atomic E-state index is 11.9. The molecule has 0 unspecified atom stereocenters. The van der Waals surface area contributed by atoms with Crippen LogP contribution in [-0.4, -0.2) is 28.2 Å². The lowest BCUT2D eigenvalue weighted by molar-refractivity contribution is 0.0920. The summed E-state index contributed by atoms with van der Waals surface area (Å²) in [6, 6.07) is 9.81. The summed E-state index contributed by atoms with van der Waals surface area (Å²) >= 11 is 0. The number of furan rings is 2. The Hall–Kier alpha value is -4.01. The fourth-order valence-corrected chi connectivity index (χ4v) is 2.29. The molecular formula is C19H17N5O4. The Balaban J connectivity index is 1.76. The summed E-state index contributed by atoms with van der Waals surface area (Å²) in [5, 5.41) is 8.16. The van der Waals surface area contributed by atoms with Crippen LogP contribution < -0.4 is 10.9 Å². The lowest BCUT2D eigenvalue weighted by Crippen LogP contribution is -2.21. The second-order valence-corrected chi connectivity index (χ2v) is 5.63. The molecule has 0 bridgehead atoms. The molecule has 0 saturated carbocycles. The topological polar surface area (TPSA) is 122 Å². The van der Waals surface area contributed by atoms with E-state index in [4.69, 9.17) is 8.83 Å². The van der Waals surface area contributed by atoms with Gasteiger partial charge in [0.15, 0.2) is 11.5 Å². The van der Waals surface area contributed by atoms with Gasteiger partial charge in [-0.15, -0.1) is 0 Å². The molecule has 0 radical (unpaired) electrons. The number of amides is 2. The summed E-state index contributed by atoms with van der Waals surface area (Å²) in [5.41, 5.74) is 6.96. The highest BCUT2D eigenvalue weighted by molar-refractivity contribution is 6.10. The highest BCUT2D eigenvalue weighted by Crippen LogP contribution is 2.09. The van der Waals surface area contributed by atoms with Gasteiger partial charge >= 0.3 is 11.8 Å². The Morgan fingerprint density at radius 3 is 1.96 bits per heavy atom. The normalized spacial score (nSPS) is 11.9. The smallest absolute Gasteiger partial charge is 0.307 e. The number of carbonyl (C=O) groups is 2. The number of hydrogen-bond donors (Lipinski definition) is 2. The Kier molecular flexibility index (Phi) is 5.75. The second kappa shape index (κ2) is 8.58. The minimum atomic E-state index is -0.474. The van der Waals surface area contributed by atoms with E-state index < -0.39 is 11.8 Å². The number of aromatic nitrogens is 1. The van der Waals surface area contributed by atoms with Crippen molar-refractivity contribution in [1.29, 1.82) is 0 Å². The standard InChI is InChI=1S/C19H17N5O4/c1-12(21-23-18(25)15-7-4-10-27-15)14-6-3-9-20-17(14)13(2)22-24-19(26)16-8-5-11-28-16/h3-11H,1-2H3,(H,23,25)(H,24,26). The fraction of sp³-hybridized carbons (Fsp3) is 0.105. The zero-order chi connectivity index (χ0) is 19.9. The first-order valence-corrected chi connectivity index (χ1v) is 8.28. The van der Waals surface area contributed by atoms with E-state index in [0.29, 0.717) is 22.7 Å². The molecule has 2 amide bonds. The molecule has 2 N–H and O–H groups in total. The van der Waals surface area contributed by atoms with E-state index in [1.807, 2.05) is 0 Å². The van der Waals surface area contributed by atoms with Gasteiger partial charge in [-0.2, -0.15) is 10.2 Å². The third-order valence-electron chi connectivity index (χ3n) is 3.68. The first-order valence-electron chi connectivity index (χ1n) is 8.28. The van der Waals surface area contributed by atoms with Gasteiger partial charge in [0, 0.05) is 11.8 Å². The number of carbonyl (C=O) groups excluding carboxylic acids is 2. The van der Waals surface area contributed by atoms with Gasteiger partial charge in [0.05, 0.1) is 29.6 Å². The third kappa shape index (κ3) is 4.39. The molecule has 0 aliphatic rings. The van der Waals surface area contributed by atoms with Crippen molar-refractivity contribution in [2.75, 3.05) is 0 Å². The van der Waals surface area contributed by atoms with Crippen LogP contribution in [0.15, 0.2) is 74.2 Å². The molecule has 0 aliphatic heterocycles. The molecule has 0 aliphatic carbocycles. The van der Waals surface area contributed by atoms with E-state index in [1.165, 1.54) is 24.7 Å². The van der Waals surface area contributed by atoms with Crippen molar-refractivity contribution in [2.24, 2.45) is 10.2 Å². The van der Waals surface area contributed by atoms with Gasteiger partial charge in [0.2, 0.25) is 0 Å². The van der Waals surface area contributed by atoms with Crippen molar-refractivity contribution in [2.45, 2.75) is 13.8 Å². The quantitative estimate of drug-likeness (QED) is 0.503. The Bertz CT molecular complexity index is 937. The predicted octanol–water partition coefficient (Wildman–Crippen LogP) is 2.58. The highest BCUT2D eigenvalue weighted by atomic mass is 16.3. The van der Waals surface area contributed by atoms with Gasteiger partial charge in [-0.05, 0) is 50.2 Å². The first kappa shape index (κ1) is 18.8. The summed E-state index contributed by atoms with van der Waals surface area (Å²) in [7, 11) is 0. The molecule has 142 valence electrons. The molecule has 0 spiro atoms. The zero-order valence-corrected chi connectivity index (χ0v) is 15.2. The molecule has 3 heterocycles. The van der Waals surface area contributed by atoms with Crippen molar-refractivity contribution in [3.63, 3.8) is 0 Å². The van der Waals surface area contributed by atoms with Crippen molar-refractivity contribution in [1.82, 2.24) is 15.8 Å². The minimum absolute atomic E-state index is 0.149. The molecule has 0 aromatic carbocycles. The van der Waals surface area contributed by atoms with E-state index in [2.05, 4.69) is 26.0 Å². The maximum atomic E-state index is 11.9. The summed E-state index contributed by atoms with van der Waals surface area (Å²) in [6.45, 7) is 3.42. The molecule has 0 saturated heterocycles. The van der Waals surface area contributed by atoms with Crippen LogP contribution in [0.4, 0.5) is 0 Å². The van der Waals surface area contributed by atoms with Crippen molar-refractivity contribution < 1.29 is 18.4 Å². The zero-order valence-electron chi connectivity index (χ0n) is 15.2. The molecule has 3 aromatic rings. The van der Waals surface area contributed by atoms with Crippen LogP contribution >= 0.6 is 0 Å². The Morgan fingerprint density at radius 1 is 0.857 bits per heavy atom. The van der Waals surface area contributed by atoms with E-state index in [-0.39, 0.29) is 11.5 Å². The summed E-state index contributed by atoms with van der Waals surface area (Å²) < 4.78 is 10.0. The third-order valence-corrected chi connectivity index (χ3v) is 3.68. The summed E-state index contributed by atoms with van der Waals surface area (Å²) in [6.07, 6.45) is 4.40.